The molecular formula is C18H17N5OS. The number of nitriles is 2. The molecule has 7 heteroatoms. The van der Waals surface area contributed by atoms with E-state index in [0.717, 1.165) is 11.8 Å². The molecule has 0 aliphatic rings. The number of para-hydroxylation sites is 1. The van der Waals surface area contributed by atoms with E-state index in [1.165, 1.54) is 0 Å². The van der Waals surface area contributed by atoms with Crippen molar-refractivity contribution in [2.24, 2.45) is 0 Å². The summed E-state index contributed by atoms with van der Waals surface area (Å²) in [5.41, 5.74) is 7.67. The largest absolute Gasteiger partial charge is 0.383 e. The van der Waals surface area contributed by atoms with Gasteiger partial charge in [-0.15, -0.1) is 0 Å². The molecule has 0 fully saturated rings. The Morgan fingerprint density at radius 3 is 2.44 bits per heavy atom. The molecule has 1 heterocycles. The minimum atomic E-state index is -0.212. The molecule has 0 atom stereocenters. The van der Waals surface area contributed by atoms with Crippen LogP contribution in [0.4, 0.5) is 11.5 Å². The molecular weight excluding hydrogens is 334 g/mol. The number of benzene rings is 1. The number of carbonyl (C=O) groups is 1. The van der Waals surface area contributed by atoms with E-state index in [1.54, 1.807) is 12.1 Å². The average molecular weight is 351 g/mol. The summed E-state index contributed by atoms with van der Waals surface area (Å²) in [6, 6.07) is 13.2. The van der Waals surface area contributed by atoms with E-state index in [0.29, 0.717) is 21.8 Å². The highest BCUT2D eigenvalue weighted by Crippen LogP contribution is 2.32. The monoisotopic (exact) mass is 351 g/mol. The summed E-state index contributed by atoms with van der Waals surface area (Å²) in [5, 5.41) is 21.9. The SMILES string of the molecule is CC(C)c1c(C#N)c(N)nc(SCC(=O)Nc2ccccc2)c1C#N. The van der Waals surface area contributed by atoms with Crippen molar-refractivity contribution in [2.45, 2.75) is 24.8 Å². The number of amides is 1. The summed E-state index contributed by atoms with van der Waals surface area (Å²) in [6.07, 6.45) is 0. The average Bonchev–Trinajstić information content (AvgIpc) is 2.60. The second kappa shape index (κ2) is 8.18. The summed E-state index contributed by atoms with van der Waals surface area (Å²) in [4.78, 5) is 16.2. The van der Waals surface area contributed by atoms with E-state index in [1.807, 2.05) is 38.1 Å². The molecule has 1 aromatic heterocycles. The Hall–Kier alpha value is -3.03. The molecule has 0 bridgehead atoms. The number of hydrogen-bond donors (Lipinski definition) is 2. The van der Waals surface area contributed by atoms with Gasteiger partial charge in [-0.3, -0.25) is 4.79 Å². The Morgan fingerprint density at radius 1 is 1.24 bits per heavy atom. The van der Waals surface area contributed by atoms with Crippen LogP contribution < -0.4 is 11.1 Å². The van der Waals surface area contributed by atoms with E-state index in [9.17, 15) is 15.3 Å². The molecule has 0 radical (unpaired) electrons. The van der Waals surface area contributed by atoms with Gasteiger partial charge in [0.15, 0.2) is 0 Å². The Kier molecular flexibility index (Phi) is 5.99. The minimum Gasteiger partial charge on any atom is -0.383 e. The van der Waals surface area contributed by atoms with Crippen LogP contribution in [0, 0.1) is 22.7 Å². The summed E-state index contributed by atoms with van der Waals surface area (Å²) < 4.78 is 0. The summed E-state index contributed by atoms with van der Waals surface area (Å²) in [7, 11) is 0. The van der Waals surface area contributed by atoms with Crippen LogP contribution in [0.5, 0.6) is 0 Å². The third-order valence-electron chi connectivity index (χ3n) is 3.43. The maximum atomic E-state index is 12.1. The molecule has 126 valence electrons. The van der Waals surface area contributed by atoms with Crippen LogP contribution in [-0.4, -0.2) is 16.6 Å². The van der Waals surface area contributed by atoms with E-state index in [-0.39, 0.29) is 29.0 Å². The zero-order valence-electron chi connectivity index (χ0n) is 13.9. The fraction of sp³-hybridized carbons (Fsp3) is 0.222. The number of nitrogens with zero attached hydrogens (tertiary/aromatic N) is 3. The summed E-state index contributed by atoms with van der Waals surface area (Å²) in [5.74, 6) is -0.112. The molecule has 0 unspecified atom stereocenters. The first-order valence-corrected chi connectivity index (χ1v) is 8.57. The topological polar surface area (TPSA) is 116 Å². The van der Waals surface area contributed by atoms with Gasteiger partial charge < -0.3 is 11.1 Å². The second-order valence-corrected chi connectivity index (χ2v) is 6.51. The molecule has 0 saturated carbocycles. The maximum Gasteiger partial charge on any atom is 0.234 e. The van der Waals surface area contributed by atoms with Gasteiger partial charge in [-0.1, -0.05) is 43.8 Å². The first-order valence-electron chi connectivity index (χ1n) is 7.59. The van der Waals surface area contributed by atoms with E-state index in [2.05, 4.69) is 16.4 Å². The fourth-order valence-corrected chi connectivity index (χ4v) is 3.16. The molecule has 2 aromatic rings. The lowest BCUT2D eigenvalue weighted by molar-refractivity contribution is -0.113. The van der Waals surface area contributed by atoms with Gasteiger partial charge in [0.2, 0.25) is 5.91 Å². The predicted molar refractivity (Wildman–Crippen MR) is 98.0 cm³/mol. The van der Waals surface area contributed by atoms with Crippen molar-refractivity contribution in [3.63, 3.8) is 0 Å². The zero-order chi connectivity index (χ0) is 18.4. The van der Waals surface area contributed by atoms with Crippen LogP contribution in [0.2, 0.25) is 0 Å². The van der Waals surface area contributed by atoms with Crippen molar-refractivity contribution < 1.29 is 4.79 Å². The molecule has 0 spiro atoms. The number of thioether (sulfide) groups is 1. The molecule has 0 aliphatic heterocycles. The summed E-state index contributed by atoms with van der Waals surface area (Å²) >= 11 is 1.13. The molecule has 0 aliphatic carbocycles. The van der Waals surface area contributed by atoms with Crippen molar-refractivity contribution in [3.05, 3.63) is 47.0 Å². The quantitative estimate of drug-likeness (QED) is 0.799. The molecule has 3 N–H and O–H groups in total. The van der Waals surface area contributed by atoms with Gasteiger partial charge in [0.05, 0.1) is 16.9 Å². The first-order chi connectivity index (χ1) is 12.0. The van der Waals surface area contributed by atoms with Gasteiger partial charge >= 0.3 is 0 Å². The van der Waals surface area contributed by atoms with Gasteiger partial charge in [0.1, 0.15) is 23.0 Å². The number of carbonyl (C=O) groups excluding carboxylic acids is 1. The lowest BCUT2D eigenvalue weighted by Gasteiger charge is -2.15. The third-order valence-corrected chi connectivity index (χ3v) is 4.40. The van der Waals surface area contributed by atoms with Crippen LogP contribution >= 0.6 is 11.8 Å². The molecule has 0 saturated heterocycles. The number of aromatic nitrogens is 1. The molecule has 1 aromatic carbocycles. The van der Waals surface area contributed by atoms with Gasteiger partial charge in [0.25, 0.3) is 0 Å². The lowest BCUT2D eigenvalue weighted by Crippen LogP contribution is -2.15. The lowest BCUT2D eigenvalue weighted by atomic mass is 9.94. The van der Waals surface area contributed by atoms with Crippen LogP contribution in [0.15, 0.2) is 35.4 Å². The Bertz CT molecular complexity index is 866. The van der Waals surface area contributed by atoms with Gasteiger partial charge in [-0.05, 0) is 23.6 Å². The van der Waals surface area contributed by atoms with Crippen molar-refractivity contribution in [1.29, 1.82) is 10.5 Å². The molecule has 25 heavy (non-hydrogen) atoms. The molecule has 6 nitrogen and oxygen atoms in total. The Balaban J connectivity index is 2.24. The number of nitrogens with one attached hydrogen (secondary N) is 1. The van der Waals surface area contributed by atoms with Crippen LogP contribution in [-0.2, 0) is 4.79 Å². The highest BCUT2D eigenvalue weighted by atomic mass is 32.2. The first kappa shape index (κ1) is 18.3. The second-order valence-electron chi connectivity index (χ2n) is 5.55. The van der Waals surface area contributed by atoms with Gasteiger partial charge in [-0.2, -0.15) is 10.5 Å². The third kappa shape index (κ3) is 4.28. The van der Waals surface area contributed by atoms with Crippen molar-refractivity contribution >= 4 is 29.2 Å². The minimum absolute atomic E-state index is 0.0629. The standard InChI is InChI=1S/C18H17N5OS/c1-11(2)16-13(8-19)17(21)23-18(14(16)9-20)25-10-15(24)22-12-6-4-3-5-7-12/h3-7,11H,10H2,1-2H3,(H2,21,23)(H,22,24). The Labute approximate surface area is 150 Å². The highest BCUT2D eigenvalue weighted by molar-refractivity contribution is 8.00. The number of nitrogens with two attached hydrogens (primary N) is 1. The highest BCUT2D eigenvalue weighted by Gasteiger charge is 2.21. The van der Waals surface area contributed by atoms with Crippen molar-refractivity contribution in [3.8, 4) is 12.1 Å². The van der Waals surface area contributed by atoms with Gasteiger partial charge in [0, 0.05) is 5.69 Å². The van der Waals surface area contributed by atoms with Crippen molar-refractivity contribution in [2.75, 3.05) is 16.8 Å². The fourth-order valence-electron chi connectivity index (χ4n) is 2.36. The predicted octanol–water partition coefficient (Wildman–Crippen LogP) is 3.26. The van der Waals surface area contributed by atoms with Crippen molar-refractivity contribution in [1.82, 2.24) is 4.98 Å². The Morgan fingerprint density at radius 2 is 1.88 bits per heavy atom. The zero-order valence-corrected chi connectivity index (χ0v) is 14.7. The van der Waals surface area contributed by atoms with E-state index in [4.69, 9.17) is 5.73 Å². The van der Waals surface area contributed by atoms with E-state index < -0.39 is 0 Å². The number of nitrogen functional groups attached to an aromatic ring is 1. The number of hydrogen-bond acceptors (Lipinski definition) is 6. The van der Waals surface area contributed by atoms with Crippen LogP contribution in [0.1, 0.15) is 36.5 Å². The molecule has 2 rings (SSSR count). The maximum absolute atomic E-state index is 12.1. The number of pyridine rings is 1. The van der Waals surface area contributed by atoms with Gasteiger partial charge in [-0.25, -0.2) is 4.98 Å². The summed E-state index contributed by atoms with van der Waals surface area (Å²) in [6.45, 7) is 3.76. The number of anilines is 2. The normalized spacial score (nSPS) is 10.1. The smallest absolute Gasteiger partial charge is 0.234 e. The molecule has 1 amide bonds. The van der Waals surface area contributed by atoms with Crippen LogP contribution in [0.25, 0.3) is 0 Å². The number of rotatable bonds is 5. The van der Waals surface area contributed by atoms with E-state index >= 15 is 0 Å². The van der Waals surface area contributed by atoms with Crippen LogP contribution in [0.3, 0.4) is 0 Å².